The van der Waals surface area contributed by atoms with Crippen LogP contribution in [0.15, 0.2) is 24.3 Å². The van der Waals surface area contributed by atoms with E-state index in [1.807, 2.05) is 24.3 Å². The van der Waals surface area contributed by atoms with Crippen LogP contribution in [0.2, 0.25) is 0 Å². The average molecular weight is 348 g/mol. The Bertz CT molecular complexity index is 585. The van der Waals surface area contributed by atoms with Crippen LogP contribution in [0, 0.1) is 0 Å². The summed E-state index contributed by atoms with van der Waals surface area (Å²) in [7, 11) is 1.60. The maximum absolute atomic E-state index is 12.8. The summed E-state index contributed by atoms with van der Waals surface area (Å²) in [6.45, 7) is 6.71. The van der Waals surface area contributed by atoms with Crippen molar-refractivity contribution in [1.82, 2.24) is 10.2 Å². The molecule has 0 bridgehead atoms. The summed E-state index contributed by atoms with van der Waals surface area (Å²) < 4.78 is 10.5. The number of carbonyl (C=O) groups is 2. The first-order valence-electron chi connectivity index (χ1n) is 8.81. The minimum Gasteiger partial charge on any atom is -0.446 e. The predicted octanol–water partition coefficient (Wildman–Crippen LogP) is 1.86. The number of hydrogen-bond donors (Lipinski definition) is 1. The summed E-state index contributed by atoms with van der Waals surface area (Å²) in [6.07, 6.45) is 0.118. The van der Waals surface area contributed by atoms with Gasteiger partial charge in [-0.05, 0) is 17.9 Å². The molecule has 1 aliphatic rings. The Morgan fingerprint density at radius 1 is 1.20 bits per heavy atom. The third kappa shape index (κ3) is 5.28. The minimum atomic E-state index is -0.879. The van der Waals surface area contributed by atoms with Gasteiger partial charge < -0.3 is 19.7 Å². The summed E-state index contributed by atoms with van der Waals surface area (Å²) in [5.74, 6) is -0.334. The van der Waals surface area contributed by atoms with E-state index in [9.17, 15) is 9.59 Å². The molecule has 1 saturated heterocycles. The number of rotatable bonds is 9. The molecule has 1 aromatic rings. The summed E-state index contributed by atoms with van der Waals surface area (Å²) in [4.78, 5) is 26.8. The van der Waals surface area contributed by atoms with Crippen LogP contribution in [0.1, 0.15) is 43.4 Å². The van der Waals surface area contributed by atoms with E-state index in [0.717, 1.165) is 30.6 Å². The Balaban J connectivity index is 2.13. The van der Waals surface area contributed by atoms with Crippen LogP contribution in [0.25, 0.3) is 0 Å². The molecule has 1 fully saturated rings. The lowest BCUT2D eigenvalue weighted by Gasteiger charge is -2.34. The predicted molar refractivity (Wildman–Crippen MR) is 95.3 cm³/mol. The number of benzene rings is 1. The van der Waals surface area contributed by atoms with E-state index in [0.29, 0.717) is 13.2 Å². The highest BCUT2D eigenvalue weighted by Gasteiger charge is 2.33. The molecule has 1 amide bonds. The molecular weight excluding hydrogens is 320 g/mol. The van der Waals surface area contributed by atoms with Crippen molar-refractivity contribution in [3.63, 3.8) is 0 Å². The van der Waals surface area contributed by atoms with Crippen LogP contribution >= 0.6 is 0 Å². The monoisotopic (exact) mass is 348 g/mol. The van der Waals surface area contributed by atoms with E-state index in [1.165, 1.54) is 0 Å². The first-order valence-corrected chi connectivity index (χ1v) is 8.81. The highest BCUT2D eigenvalue weighted by molar-refractivity contribution is 5.86. The fraction of sp³-hybridized carbons (Fsp3) is 0.579. The van der Waals surface area contributed by atoms with Gasteiger partial charge in [-0.2, -0.15) is 0 Å². The van der Waals surface area contributed by atoms with Crippen molar-refractivity contribution in [2.75, 3.05) is 39.9 Å². The Labute approximate surface area is 149 Å². The number of amides is 1. The van der Waals surface area contributed by atoms with Gasteiger partial charge in [-0.25, -0.2) is 0 Å². The molecule has 1 heterocycles. The molecule has 0 aromatic heterocycles. The van der Waals surface area contributed by atoms with E-state index in [1.54, 1.807) is 12.0 Å². The molecule has 2 rings (SSSR count). The van der Waals surface area contributed by atoms with Crippen LogP contribution in [0.5, 0.6) is 0 Å². The second kappa shape index (κ2) is 9.53. The molecule has 138 valence electrons. The first kappa shape index (κ1) is 19.4. The van der Waals surface area contributed by atoms with Crippen molar-refractivity contribution in [2.24, 2.45) is 0 Å². The van der Waals surface area contributed by atoms with E-state index in [4.69, 9.17) is 9.47 Å². The molecule has 0 aliphatic carbocycles. The zero-order valence-corrected chi connectivity index (χ0v) is 15.3. The fourth-order valence-electron chi connectivity index (χ4n) is 2.76. The quantitative estimate of drug-likeness (QED) is 0.545. The Hall–Kier alpha value is -1.92. The number of nitrogens with one attached hydrogen (secondary N) is 1. The number of esters is 1. The third-order valence-electron chi connectivity index (χ3n) is 4.29. The second-order valence-electron chi connectivity index (χ2n) is 6.50. The van der Waals surface area contributed by atoms with Gasteiger partial charge in [-0.1, -0.05) is 38.1 Å². The van der Waals surface area contributed by atoms with Crippen LogP contribution in [-0.4, -0.2) is 56.7 Å². The number of methoxy groups -OCH3 is 1. The lowest BCUT2D eigenvalue weighted by atomic mass is 9.93. The van der Waals surface area contributed by atoms with Gasteiger partial charge in [-0.15, -0.1) is 0 Å². The molecule has 1 aromatic carbocycles. The number of likely N-dealkylation sites (tertiary alicyclic amines) is 1. The van der Waals surface area contributed by atoms with Gasteiger partial charge in [0.25, 0.3) is 5.91 Å². The van der Waals surface area contributed by atoms with Crippen LogP contribution in [-0.2, 0) is 19.1 Å². The van der Waals surface area contributed by atoms with E-state index >= 15 is 0 Å². The van der Waals surface area contributed by atoms with Gasteiger partial charge in [0.15, 0.2) is 0 Å². The summed E-state index contributed by atoms with van der Waals surface area (Å²) in [5, 5.41) is 2.95. The number of carbonyl (C=O) groups excluding carboxylic acids is 2. The molecule has 25 heavy (non-hydrogen) atoms. The van der Waals surface area contributed by atoms with Gasteiger partial charge in [0, 0.05) is 32.3 Å². The van der Waals surface area contributed by atoms with Crippen molar-refractivity contribution in [3.05, 3.63) is 35.4 Å². The lowest BCUT2D eigenvalue weighted by Crippen LogP contribution is -2.46. The molecule has 0 radical (unpaired) electrons. The summed E-state index contributed by atoms with van der Waals surface area (Å²) in [5.41, 5.74) is 1.81. The number of nitrogens with zero attached hydrogens (tertiary/aromatic N) is 1. The van der Waals surface area contributed by atoms with Gasteiger partial charge in [-0.3, -0.25) is 9.59 Å². The van der Waals surface area contributed by atoms with Crippen molar-refractivity contribution >= 4 is 11.9 Å². The fourth-order valence-corrected chi connectivity index (χ4v) is 2.76. The van der Waals surface area contributed by atoms with Crippen LogP contribution in [0.3, 0.4) is 0 Å². The molecule has 6 nitrogen and oxygen atoms in total. The summed E-state index contributed by atoms with van der Waals surface area (Å²) >= 11 is 0. The molecular formula is C19H28N2O4. The molecule has 0 spiro atoms. The molecule has 1 N–H and O–H groups in total. The van der Waals surface area contributed by atoms with Crippen LogP contribution < -0.4 is 5.32 Å². The van der Waals surface area contributed by atoms with E-state index in [-0.39, 0.29) is 18.4 Å². The average Bonchev–Trinajstić information content (AvgIpc) is 2.55. The number of hydrogen-bond acceptors (Lipinski definition) is 5. The highest BCUT2D eigenvalue weighted by Crippen LogP contribution is 2.30. The first-order chi connectivity index (χ1) is 12.0. The highest BCUT2D eigenvalue weighted by atomic mass is 16.5. The Kier molecular flexibility index (Phi) is 7.40. The van der Waals surface area contributed by atoms with Crippen molar-refractivity contribution < 1.29 is 19.1 Å². The van der Waals surface area contributed by atoms with Crippen molar-refractivity contribution in [3.8, 4) is 0 Å². The third-order valence-corrected chi connectivity index (χ3v) is 4.29. The summed E-state index contributed by atoms with van der Waals surface area (Å²) in [6, 6.07) is 7.69. The largest absolute Gasteiger partial charge is 0.446 e. The number of ether oxygens (including phenoxy) is 2. The molecule has 1 unspecified atom stereocenters. The normalized spacial score (nSPS) is 15.0. The van der Waals surface area contributed by atoms with Gasteiger partial charge in [0.05, 0.1) is 13.2 Å². The molecule has 6 heteroatoms. The molecule has 1 atom stereocenters. The molecule has 0 saturated carbocycles. The second-order valence-corrected chi connectivity index (χ2v) is 6.50. The van der Waals surface area contributed by atoms with Crippen LogP contribution in [0.4, 0.5) is 0 Å². The molecule has 1 aliphatic heterocycles. The maximum atomic E-state index is 12.8. The van der Waals surface area contributed by atoms with Crippen molar-refractivity contribution in [2.45, 2.75) is 32.3 Å². The smallest absolute Gasteiger partial charge is 0.321 e. The van der Waals surface area contributed by atoms with E-state index < -0.39 is 12.1 Å². The SMILES string of the molecule is COCCNCC(=O)OC(C(=O)N1CCC1)c1ccccc1C(C)C. The van der Waals surface area contributed by atoms with Gasteiger partial charge in [0.2, 0.25) is 6.10 Å². The van der Waals surface area contributed by atoms with Crippen molar-refractivity contribution in [1.29, 1.82) is 0 Å². The Morgan fingerprint density at radius 3 is 2.44 bits per heavy atom. The van der Waals surface area contributed by atoms with Gasteiger partial charge in [0.1, 0.15) is 0 Å². The topological polar surface area (TPSA) is 67.9 Å². The zero-order chi connectivity index (χ0) is 18.2. The zero-order valence-electron chi connectivity index (χ0n) is 15.3. The standard InChI is InChI=1S/C19H28N2O4/c1-14(2)15-7-4-5-8-16(15)18(19(23)21-10-6-11-21)25-17(22)13-20-9-12-24-3/h4-5,7-8,14,18,20H,6,9-13H2,1-3H3. The van der Waals surface area contributed by atoms with E-state index in [2.05, 4.69) is 19.2 Å². The maximum Gasteiger partial charge on any atom is 0.321 e. The lowest BCUT2D eigenvalue weighted by molar-refractivity contribution is -0.162. The van der Waals surface area contributed by atoms with Gasteiger partial charge >= 0.3 is 5.97 Å². The minimum absolute atomic E-state index is 0.0526. The Morgan fingerprint density at radius 2 is 1.88 bits per heavy atom.